The zero-order chi connectivity index (χ0) is 22.1. The summed E-state index contributed by atoms with van der Waals surface area (Å²) in [5.74, 6) is -1.37. The van der Waals surface area contributed by atoms with E-state index in [1.54, 1.807) is 29.2 Å². The number of ether oxygens (including phenoxy) is 1. The summed E-state index contributed by atoms with van der Waals surface area (Å²) in [5.41, 5.74) is 0.819. The standard InChI is InChI=1S/C23H21ClN2O5/c1-14-8-10-25(11-9-14)20(27)13-31-23(30)15-2-7-18-19(12-15)22(29)26(21(18)28)17-5-3-16(24)4-6-17/h2-7,12,14H,8-11,13H2,1H3. The lowest BCUT2D eigenvalue weighted by Crippen LogP contribution is -2.40. The van der Waals surface area contributed by atoms with Crippen molar-refractivity contribution >= 4 is 41.0 Å². The molecule has 7 nitrogen and oxygen atoms in total. The maximum atomic E-state index is 12.8. The summed E-state index contributed by atoms with van der Waals surface area (Å²) in [6, 6.07) is 10.5. The second kappa shape index (κ2) is 8.51. The number of esters is 1. The molecule has 1 fully saturated rings. The van der Waals surface area contributed by atoms with Crippen molar-refractivity contribution in [3.63, 3.8) is 0 Å². The Morgan fingerprint density at radius 1 is 1.00 bits per heavy atom. The third kappa shape index (κ3) is 4.18. The molecule has 0 spiro atoms. The van der Waals surface area contributed by atoms with Gasteiger partial charge in [0.1, 0.15) is 0 Å². The highest BCUT2D eigenvalue weighted by Crippen LogP contribution is 2.30. The van der Waals surface area contributed by atoms with Crippen molar-refractivity contribution in [1.29, 1.82) is 0 Å². The molecule has 0 aromatic heterocycles. The molecule has 8 heteroatoms. The van der Waals surface area contributed by atoms with Crippen LogP contribution in [0.15, 0.2) is 42.5 Å². The van der Waals surface area contributed by atoms with E-state index in [1.807, 2.05) is 0 Å². The van der Waals surface area contributed by atoms with Gasteiger partial charge in [-0.25, -0.2) is 9.69 Å². The number of amides is 3. The molecule has 0 bridgehead atoms. The van der Waals surface area contributed by atoms with E-state index in [1.165, 1.54) is 18.2 Å². The highest BCUT2D eigenvalue weighted by molar-refractivity contribution is 6.35. The Bertz CT molecular complexity index is 1060. The molecular weight excluding hydrogens is 420 g/mol. The summed E-state index contributed by atoms with van der Waals surface area (Å²) in [6.07, 6.45) is 1.87. The molecule has 3 amide bonds. The lowest BCUT2D eigenvalue weighted by atomic mass is 9.99. The smallest absolute Gasteiger partial charge is 0.338 e. The molecule has 31 heavy (non-hydrogen) atoms. The first kappa shape index (κ1) is 21.1. The Kier molecular flexibility index (Phi) is 5.78. The number of hydrogen-bond acceptors (Lipinski definition) is 5. The van der Waals surface area contributed by atoms with Gasteiger partial charge in [0.2, 0.25) is 0 Å². The van der Waals surface area contributed by atoms with Crippen LogP contribution in [0.1, 0.15) is 50.8 Å². The van der Waals surface area contributed by atoms with E-state index >= 15 is 0 Å². The van der Waals surface area contributed by atoms with Gasteiger partial charge in [-0.05, 0) is 61.2 Å². The summed E-state index contributed by atoms with van der Waals surface area (Å²) >= 11 is 5.88. The van der Waals surface area contributed by atoms with Gasteiger partial charge in [-0.15, -0.1) is 0 Å². The predicted octanol–water partition coefficient (Wildman–Crippen LogP) is 3.56. The Morgan fingerprint density at radius 3 is 2.32 bits per heavy atom. The fourth-order valence-electron chi connectivity index (χ4n) is 3.75. The quantitative estimate of drug-likeness (QED) is 0.536. The topological polar surface area (TPSA) is 84.0 Å². The molecule has 2 aliphatic heterocycles. The van der Waals surface area contributed by atoms with Gasteiger partial charge in [-0.3, -0.25) is 14.4 Å². The Hall–Kier alpha value is -3.19. The number of carbonyl (C=O) groups excluding carboxylic acids is 4. The number of fused-ring (bicyclic) bond motifs is 1. The zero-order valence-corrected chi connectivity index (χ0v) is 17.7. The minimum Gasteiger partial charge on any atom is -0.452 e. The number of rotatable bonds is 4. The molecule has 2 aromatic rings. The van der Waals surface area contributed by atoms with Crippen LogP contribution in [0, 0.1) is 5.92 Å². The fourth-order valence-corrected chi connectivity index (χ4v) is 3.88. The second-order valence-corrected chi connectivity index (χ2v) is 8.26. The molecule has 2 aliphatic rings. The largest absolute Gasteiger partial charge is 0.452 e. The van der Waals surface area contributed by atoms with E-state index in [0.29, 0.717) is 29.7 Å². The van der Waals surface area contributed by atoms with Gasteiger partial charge < -0.3 is 9.64 Å². The number of imide groups is 1. The highest BCUT2D eigenvalue weighted by Gasteiger charge is 2.37. The average molecular weight is 441 g/mol. The number of nitrogens with zero attached hydrogens (tertiary/aromatic N) is 2. The van der Waals surface area contributed by atoms with E-state index in [-0.39, 0.29) is 29.2 Å². The van der Waals surface area contributed by atoms with Crippen molar-refractivity contribution in [3.8, 4) is 0 Å². The van der Waals surface area contributed by atoms with Crippen LogP contribution in [0.3, 0.4) is 0 Å². The SMILES string of the molecule is CC1CCN(C(=O)COC(=O)c2ccc3c(c2)C(=O)N(c2ccc(Cl)cc2)C3=O)CC1. The maximum absolute atomic E-state index is 12.8. The summed E-state index contributed by atoms with van der Waals surface area (Å²) < 4.78 is 5.16. The van der Waals surface area contributed by atoms with Gasteiger partial charge >= 0.3 is 5.97 Å². The van der Waals surface area contributed by atoms with Crippen molar-refractivity contribution in [2.24, 2.45) is 5.92 Å². The molecule has 2 aromatic carbocycles. The molecule has 0 radical (unpaired) electrons. The number of likely N-dealkylation sites (tertiary alicyclic amines) is 1. The van der Waals surface area contributed by atoms with Gasteiger partial charge in [0, 0.05) is 18.1 Å². The van der Waals surface area contributed by atoms with Crippen LogP contribution in [0.25, 0.3) is 0 Å². The van der Waals surface area contributed by atoms with Crippen LogP contribution < -0.4 is 4.90 Å². The lowest BCUT2D eigenvalue weighted by Gasteiger charge is -2.30. The van der Waals surface area contributed by atoms with Crippen molar-refractivity contribution in [2.75, 3.05) is 24.6 Å². The molecule has 0 unspecified atom stereocenters. The number of halogens is 1. The molecule has 0 aliphatic carbocycles. The van der Waals surface area contributed by atoms with Gasteiger partial charge in [-0.2, -0.15) is 0 Å². The summed E-state index contributed by atoms with van der Waals surface area (Å²) in [4.78, 5) is 53.0. The van der Waals surface area contributed by atoms with Crippen molar-refractivity contribution in [3.05, 3.63) is 64.2 Å². The third-order valence-electron chi connectivity index (χ3n) is 5.67. The molecule has 0 N–H and O–H groups in total. The van der Waals surface area contributed by atoms with Crippen molar-refractivity contribution in [2.45, 2.75) is 19.8 Å². The van der Waals surface area contributed by atoms with Crippen LogP contribution in [-0.2, 0) is 9.53 Å². The van der Waals surface area contributed by atoms with E-state index in [9.17, 15) is 19.2 Å². The van der Waals surface area contributed by atoms with Crippen LogP contribution in [0.2, 0.25) is 5.02 Å². The van der Waals surface area contributed by atoms with Crippen LogP contribution in [-0.4, -0.2) is 48.3 Å². The molecular formula is C23H21ClN2O5. The number of hydrogen-bond donors (Lipinski definition) is 0. The van der Waals surface area contributed by atoms with Gasteiger partial charge in [0.25, 0.3) is 17.7 Å². The minimum absolute atomic E-state index is 0.109. The van der Waals surface area contributed by atoms with Crippen LogP contribution in [0.4, 0.5) is 5.69 Å². The van der Waals surface area contributed by atoms with Crippen LogP contribution in [0.5, 0.6) is 0 Å². The number of benzene rings is 2. The van der Waals surface area contributed by atoms with E-state index < -0.39 is 17.8 Å². The van der Waals surface area contributed by atoms with Gasteiger partial charge in [-0.1, -0.05) is 18.5 Å². The van der Waals surface area contributed by atoms with Gasteiger partial charge in [0.15, 0.2) is 6.61 Å². The Balaban J connectivity index is 1.45. The van der Waals surface area contributed by atoms with Crippen LogP contribution >= 0.6 is 11.6 Å². The first-order valence-electron chi connectivity index (χ1n) is 10.1. The predicted molar refractivity (Wildman–Crippen MR) is 114 cm³/mol. The second-order valence-electron chi connectivity index (χ2n) is 7.82. The third-order valence-corrected chi connectivity index (χ3v) is 5.92. The first-order valence-corrected chi connectivity index (χ1v) is 10.5. The zero-order valence-electron chi connectivity index (χ0n) is 17.0. The van der Waals surface area contributed by atoms with E-state index in [2.05, 4.69) is 6.92 Å². The molecule has 4 rings (SSSR count). The fraction of sp³-hybridized carbons (Fsp3) is 0.304. The van der Waals surface area contributed by atoms with Crippen molar-refractivity contribution in [1.82, 2.24) is 4.90 Å². The Labute approximate surface area is 184 Å². The molecule has 160 valence electrons. The average Bonchev–Trinajstić information content (AvgIpc) is 3.02. The molecule has 0 atom stereocenters. The van der Waals surface area contributed by atoms with Crippen molar-refractivity contribution < 1.29 is 23.9 Å². The Morgan fingerprint density at radius 2 is 1.65 bits per heavy atom. The maximum Gasteiger partial charge on any atom is 0.338 e. The van der Waals surface area contributed by atoms with Gasteiger partial charge in [0.05, 0.1) is 22.4 Å². The molecule has 0 saturated carbocycles. The van der Waals surface area contributed by atoms with E-state index in [0.717, 1.165) is 17.7 Å². The molecule has 2 heterocycles. The highest BCUT2D eigenvalue weighted by atomic mass is 35.5. The number of carbonyl (C=O) groups is 4. The summed E-state index contributed by atoms with van der Waals surface area (Å²) in [5, 5.41) is 0.485. The summed E-state index contributed by atoms with van der Waals surface area (Å²) in [6.45, 7) is 3.12. The monoisotopic (exact) mass is 440 g/mol. The lowest BCUT2D eigenvalue weighted by molar-refractivity contribution is -0.135. The number of piperidine rings is 1. The normalized spacial score (nSPS) is 16.5. The summed E-state index contributed by atoms with van der Waals surface area (Å²) in [7, 11) is 0. The minimum atomic E-state index is -0.716. The molecule has 1 saturated heterocycles. The number of anilines is 1. The first-order chi connectivity index (χ1) is 14.8. The van der Waals surface area contributed by atoms with E-state index in [4.69, 9.17) is 16.3 Å².